The van der Waals surface area contributed by atoms with E-state index >= 15 is 0 Å². The van der Waals surface area contributed by atoms with E-state index < -0.39 is 0 Å². The molecular formula is C14H22N2O2. The third-order valence-electron chi connectivity index (χ3n) is 2.68. The quantitative estimate of drug-likeness (QED) is 0.780. The van der Waals surface area contributed by atoms with Gasteiger partial charge in [0.1, 0.15) is 0 Å². The molecule has 0 unspecified atom stereocenters. The number of amides is 1. The molecule has 0 saturated carbocycles. The third kappa shape index (κ3) is 4.37. The minimum absolute atomic E-state index is 0.0105. The van der Waals surface area contributed by atoms with Crippen molar-refractivity contribution in [1.29, 1.82) is 0 Å². The van der Waals surface area contributed by atoms with Crippen molar-refractivity contribution in [2.24, 2.45) is 0 Å². The van der Waals surface area contributed by atoms with E-state index in [0.29, 0.717) is 13.0 Å². The van der Waals surface area contributed by atoms with Gasteiger partial charge in [-0.05, 0) is 24.6 Å². The second-order valence-electron chi connectivity index (χ2n) is 4.16. The lowest BCUT2D eigenvalue weighted by Gasteiger charge is -2.23. The van der Waals surface area contributed by atoms with Gasteiger partial charge in [-0.15, -0.1) is 0 Å². The largest absolute Gasteiger partial charge is 0.395 e. The van der Waals surface area contributed by atoms with Crippen molar-refractivity contribution in [2.75, 3.05) is 29.9 Å². The zero-order valence-corrected chi connectivity index (χ0v) is 11.1. The van der Waals surface area contributed by atoms with Crippen LogP contribution in [-0.4, -0.2) is 30.7 Å². The van der Waals surface area contributed by atoms with Crippen LogP contribution in [0.25, 0.3) is 0 Å². The average molecular weight is 250 g/mol. The van der Waals surface area contributed by atoms with Crippen LogP contribution in [0.3, 0.4) is 0 Å². The maximum absolute atomic E-state index is 11.3. The summed E-state index contributed by atoms with van der Waals surface area (Å²) < 4.78 is 0. The lowest BCUT2D eigenvalue weighted by atomic mass is 10.2. The first-order valence-corrected chi connectivity index (χ1v) is 6.47. The second kappa shape index (κ2) is 7.71. The van der Waals surface area contributed by atoms with E-state index in [4.69, 9.17) is 5.11 Å². The van der Waals surface area contributed by atoms with E-state index in [0.717, 1.165) is 24.3 Å². The van der Waals surface area contributed by atoms with E-state index in [2.05, 4.69) is 17.1 Å². The molecule has 0 saturated heterocycles. The fourth-order valence-corrected chi connectivity index (χ4v) is 1.79. The van der Waals surface area contributed by atoms with Crippen LogP contribution in [0.1, 0.15) is 26.7 Å². The normalized spacial score (nSPS) is 10.2. The summed E-state index contributed by atoms with van der Waals surface area (Å²) in [5.74, 6) is 0.0105. The van der Waals surface area contributed by atoms with Crippen LogP contribution >= 0.6 is 0 Å². The molecule has 0 atom stereocenters. The lowest BCUT2D eigenvalue weighted by molar-refractivity contribution is -0.115. The molecule has 0 radical (unpaired) electrons. The number of carbonyl (C=O) groups is 1. The number of rotatable bonds is 7. The lowest BCUT2D eigenvalue weighted by Crippen LogP contribution is -2.27. The molecule has 4 nitrogen and oxygen atoms in total. The Hall–Kier alpha value is -1.55. The van der Waals surface area contributed by atoms with Gasteiger partial charge in [-0.3, -0.25) is 4.79 Å². The van der Waals surface area contributed by atoms with Crippen LogP contribution < -0.4 is 10.2 Å². The summed E-state index contributed by atoms with van der Waals surface area (Å²) in [5, 5.41) is 11.9. The monoisotopic (exact) mass is 250 g/mol. The highest BCUT2D eigenvalue weighted by atomic mass is 16.3. The number of aliphatic hydroxyl groups excluding tert-OH is 1. The molecule has 0 heterocycles. The predicted molar refractivity (Wildman–Crippen MR) is 75.0 cm³/mol. The van der Waals surface area contributed by atoms with Crippen molar-refractivity contribution in [1.82, 2.24) is 0 Å². The van der Waals surface area contributed by atoms with Gasteiger partial charge in [0.15, 0.2) is 0 Å². The molecular weight excluding hydrogens is 228 g/mol. The summed E-state index contributed by atoms with van der Waals surface area (Å²) in [6, 6.07) is 7.73. The number of nitrogens with one attached hydrogen (secondary N) is 1. The fourth-order valence-electron chi connectivity index (χ4n) is 1.79. The van der Waals surface area contributed by atoms with Gasteiger partial charge in [0.2, 0.25) is 5.91 Å². The maximum atomic E-state index is 11.3. The van der Waals surface area contributed by atoms with E-state index in [-0.39, 0.29) is 12.5 Å². The Morgan fingerprint density at radius 1 is 1.33 bits per heavy atom. The van der Waals surface area contributed by atoms with Crippen molar-refractivity contribution >= 4 is 17.3 Å². The van der Waals surface area contributed by atoms with Crippen LogP contribution in [0.4, 0.5) is 11.4 Å². The van der Waals surface area contributed by atoms with E-state index in [1.807, 2.05) is 31.2 Å². The topological polar surface area (TPSA) is 52.6 Å². The average Bonchev–Trinajstić information content (AvgIpc) is 2.38. The highest BCUT2D eigenvalue weighted by Gasteiger charge is 2.06. The highest BCUT2D eigenvalue weighted by Crippen LogP contribution is 2.19. The first-order chi connectivity index (χ1) is 8.71. The van der Waals surface area contributed by atoms with Gasteiger partial charge < -0.3 is 15.3 Å². The summed E-state index contributed by atoms with van der Waals surface area (Å²) in [4.78, 5) is 13.5. The smallest absolute Gasteiger partial charge is 0.224 e. The minimum atomic E-state index is 0.0105. The molecule has 0 aliphatic carbocycles. The molecule has 0 aliphatic rings. The Balaban J connectivity index is 2.81. The Labute approximate surface area is 109 Å². The number of anilines is 2. The van der Waals surface area contributed by atoms with Crippen molar-refractivity contribution in [2.45, 2.75) is 26.7 Å². The molecule has 0 fully saturated rings. The molecule has 1 amide bonds. The van der Waals surface area contributed by atoms with Gasteiger partial charge in [-0.2, -0.15) is 0 Å². The standard InChI is InChI=1S/C14H22N2O2/c1-3-8-16(9-10-17)13-7-5-6-12(11-13)15-14(18)4-2/h5-7,11,17H,3-4,8-10H2,1-2H3,(H,15,18). The van der Waals surface area contributed by atoms with Gasteiger partial charge in [-0.25, -0.2) is 0 Å². The number of carbonyl (C=O) groups excluding carboxylic acids is 1. The summed E-state index contributed by atoms with van der Waals surface area (Å²) in [6.07, 6.45) is 1.49. The zero-order valence-electron chi connectivity index (χ0n) is 11.1. The number of benzene rings is 1. The van der Waals surface area contributed by atoms with Gasteiger partial charge in [0.25, 0.3) is 0 Å². The first kappa shape index (κ1) is 14.5. The molecule has 1 aromatic rings. The van der Waals surface area contributed by atoms with Crippen LogP contribution in [0.2, 0.25) is 0 Å². The second-order valence-corrected chi connectivity index (χ2v) is 4.16. The summed E-state index contributed by atoms with van der Waals surface area (Å²) >= 11 is 0. The number of hydrogen-bond donors (Lipinski definition) is 2. The molecule has 18 heavy (non-hydrogen) atoms. The Bertz CT molecular complexity index is 374. The Morgan fingerprint density at radius 2 is 2.11 bits per heavy atom. The molecule has 1 rings (SSSR count). The molecule has 0 spiro atoms. The third-order valence-corrected chi connectivity index (χ3v) is 2.68. The highest BCUT2D eigenvalue weighted by molar-refractivity contribution is 5.90. The maximum Gasteiger partial charge on any atom is 0.224 e. The number of nitrogens with zero attached hydrogens (tertiary/aromatic N) is 1. The van der Waals surface area contributed by atoms with Crippen LogP contribution in [0, 0.1) is 0 Å². The zero-order chi connectivity index (χ0) is 13.4. The van der Waals surface area contributed by atoms with Crippen LogP contribution in [0.5, 0.6) is 0 Å². The van der Waals surface area contributed by atoms with Crippen LogP contribution in [-0.2, 0) is 4.79 Å². The van der Waals surface area contributed by atoms with E-state index in [1.165, 1.54) is 0 Å². The summed E-state index contributed by atoms with van der Waals surface area (Å²) in [5.41, 5.74) is 1.83. The molecule has 4 heteroatoms. The number of hydrogen-bond acceptors (Lipinski definition) is 3. The molecule has 0 aliphatic heterocycles. The van der Waals surface area contributed by atoms with Gasteiger partial charge in [-0.1, -0.05) is 19.9 Å². The van der Waals surface area contributed by atoms with E-state index in [9.17, 15) is 4.79 Å². The van der Waals surface area contributed by atoms with Crippen molar-refractivity contribution in [3.8, 4) is 0 Å². The van der Waals surface area contributed by atoms with E-state index in [1.54, 1.807) is 0 Å². The predicted octanol–water partition coefficient (Wildman–Crippen LogP) is 2.24. The summed E-state index contributed by atoms with van der Waals surface area (Å²) in [6.45, 7) is 5.57. The van der Waals surface area contributed by atoms with Gasteiger partial charge in [0.05, 0.1) is 6.61 Å². The van der Waals surface area contributed by atoms with Gasteiger partial charge >= 0.3 is 0 Å². The summed E-state index contributed by atoms with van der Waals surface area (Å²) in [7, 11) is 0. The minimum Gasteiger partial charge on any atom is -0.395 e. The Kier molecular flexibility index (Phi) is 6.22. The Morgan fingerprint density at radius 3 is 2.72 bits per heavy atom. The van der Waals surface area contributed by atoms with Crippen LogP contribution in [0.15, 0.2) is 24.3 Å². The molecule has 0 aromatic heterocycles. The van der Waals surface area contributed by atoms with Gasteiger partial charge in [0, 0.05) is 30.9 Å². The molecule has 1 aromatic carbocycles. The SMILES string of the molecule is CCCN(CCO)c1cccc(NC(=O)CC)c1. The molecule has 2 N–H and O–H groups in total. The van der Waals surface area contributed by atoms with Crippen molar-refractivity contribution < 1.29 is 9.90 Å². The van der Waals surface area contributed by atoms with Crippen molar-refractivity contribution in [3.05, 3.63) is 24.3 Å². The number of aliphatic hydroxyl groups is 1. The fraction of sp³-hybridized carbons (Fsp3) is 0.500. The first-order valence-electron chi connectivity index (χ1n) is 6.47. The molecule has 0 bridgehead atoms. The molecule has 100 valence electrons. The van der Waals surface area contributed by atoms with Crippen molar-refractivity contribution in [3.63, 3.8) is 0 Å².